The van der Waals surface area contributed by atoms with Gasteiger partial charge in [-0.3, -0.25) is 4.79 Å². The van der Waals surface area contributed by atoms with Crippen molar-refractivity contribution < 1.29 is 9.53 Å². The van der Waals surface area contributed by atoms with Crippen LogP contribution >= 0.6 is 11.3 Å². The summed E-state index contributed by atoms with van der Waals surface area (Å²) in [5, 5.41) is 1.93. The average molecular weight is 274 g/mol. The fourth-order valence-electron chi connectivity index (χ4n) is 1.83. The summed E-state index contributed by atoms with van der Waals surface area (Å²) >= 11 is 1.51. The van der Waals surface area contributed by atoms with E-state index in [1.807, 2.05) is 35.7 Å². The van der Waals surface area contributed by atoms with Crippen molar-refractivity contribution >= 4 is 17.1 Å². The van der Waals surface area contributed by atoms with Crippen molar-refractivity contribution in [3.05, 3.63) is 58.3 Å². The van der Waals surface area contributed by atoms with E-state index in [1.165, 1.54) is 16.9 Å². The molecule has 3 heteroatoms. The number of hydrogen-bond donors (Lipinski definition) is 0. The maximum Gasteiger partial charge on any atom is 0.172 e. The van der Waals surface area contributed by atoms with Crippen LogP contribution in [0.2, 0.25) is 0 Å². The normalized spacial score (nSPS) is 10.5. The SMILES string of the molecule is O=C(CCCOCCc1ccccc1)c1cccs1. The third kappa shape index (κ3) is 4.97. The van der Waals surface area contributed by atoms with Gasteiger partial charge in [-0.25, -0.2) is 0 Å². The predicted molar refractivity (Wildman–Crippen MR) is 78.8 cm³/mol. The van der Waals surface area contributed by atoms with Gasteiger partial charge in [0.2, 0.25) is 0 Å². The van der Waals surface area contributed by atoms with Crippen molar-refractivity contribution in [2.24, 2.45) is 0 Å². The van der Waals surface area contributed by atoms with Crippen LogP contribution < -0.4 is 0 Å². The molecule has 0 bridgehead atoms. The Hall–Kier alpha value is -1.45. The van der Waals surface area contributed by atoms with Gasteiger partial charge in [-0.05, 0) is 29.9 Å². The highest BCUT2D eigenvalue weighted by Gasteiger charge is 2.05. The third-order valence-electron chi connectivity index (χ3n) is 2.87. The van der Waals surface area contributed by atoms with Gasteiger partial charge in [-0.2, -0.15) is 0 Å². The minimum Gasteiger partial charge on any atom is -0.381 e. The van der Waals surface area contributed by atoms with Gasteiger partial charge in [0.25, 0.3) is 0 Å². The van der Waals surface area contributed by atoms with Crippen LogP contribution in [-0.2, 0) is 11.2 Å². The predicted octanol–water partition coefficient (Wildman–Crippen LogP) is 3.97. The Labute approximate surface area is 118 Å². The highest BCUT2D eigenvalue weighted by atomic mass is 32.1. The van der Waals surface area contributed by atoms with Crippen LogP contribution in [0.5, 0.6) is 0 Å². The lowest BCUT2D eigenvalue weighted by Gasteiger charge is -2.04. The van der Waals surface area contributed by atoms with Crippen molar-refractivity contribution in [3.8, 4) is 0 Å². The first kappa shape index (κ1) is 14.0. The lowest BCUT2D eigenvalue weighted by molar-refractivity contribution is 0.0944. The Morgan fingerprint density at radius 2 is 1.89 bits per heavy atom. The van der Waals surface area contributed by atoms with E-state index in [9.17, 15) is 4.79 Å². The number of rotatable bonds is 8. The monoisotopic (exact) mass is 274 g/mol. The second kappa shape index (κ2) is 7.87. The van der Waals surface area contributed by atoms with Crippen LogP contribution in [0.25, 0.3) is 0 Å². The summed E-state index contributed by atoms with van der Waals surface area (Å²) in [5.74, 6) is 0.224. The standard InChI is InChI=1S/C16H18O2S/c17-15(16-9-5-13-19-16)8-4-11-18-12-10-14-6-2-1-3-7-14/h1-3,5-7,9,13H,4,8,10-12H2. The van der Waals surface area contributed by atoms with E-state index in [-0.39, 0.29) is 5.78 Å². The van der Waals surface area contributed by atoms with E-state index < -0.39 is 0 Å². The van der Waals surface area contributed by atoms with Crippen molar-refractivity contribution in [3.63, 3.8) is 0 Å². The molecule has 0 aliphatic carbocycles. The van der Waals surface area contributed by atoms with Crippen molar-refractivity contribution in [1.82, 2.24) is 0 Å². The van der Waals surface area contributed by atoms with Gasteiger partial charge in [0.15, 0.2) is 5.78 Å². The molecule has 1 heterocycles. The molecule has 2 nitrogen and oxygen atoms in total. The largest absolute Gasteiger partial charge is 0.381 e. The van der Waals surface area contributed by atoms with Gasteiger partial charge >= 0.3 is 0 Å². The van der Waals surface area contributed by atoms with Gasteiger partial charge in [-0.1, -0.05) is 36.4 Å². The maximum absolute atomic E-state index is 11.7. The van der Waals surface area contributed by atoms with Crippen LogP contribution in [0, 0.1) is 0 Å². The molecule has 0 amide bonds. The minimum absolute atomic E-state index is 0.224. The molecule has 2 rings (SSSR count). The highest BCUT2D eigenvalue weighted by molar-refractivity contribution is 7.12. The van der Waals surface area contributed by atoms with Crippen LogP contribution in [-0.4, -0.2) is 19.0 Å². The molecular formula is C16H18O2S. The van der Waals surface area contributed by atoms with Crippen LogP contribution in [0.1, 0.15) is 28.1 Å². The quantitative estimate of drug-likeness (QED) is 0.538. The number of ether oxygens (including phenoxy) is 1. The van der Waals surface area contributed by atoms with E-state index in [0.29, 0.717) is 13.0 Å². The molecule has 0 aliphatic rings. The maximum atomic E-state index is 11.7. The summed E-state index contributed by atoms with van der Waals surface area (Å²) in [6.45, 7) is 1.38. The smallest absolute Gasteiger partial charge is 0.172 e. The molecule has 0 spiro atoms. The number of Topliss-reactive ketones (excluding diaryl/α,β-unsaturated/α-hetero) is 1. The fourth-order valence-corrected chi connectivity index (χ4v) is 2.53. The number of carbonyl (C=O) groups excluding carboxylic acids is 1. The third-order valence-corrected chi connectivity index (χ3v) is 3.78. The molecule has 0 saturated heterocycles. The Morgan fingerprint density at radius 3 is 2.63 bits per heavy atom. The highest BCUT2D eigenvalue weighted by Crippen LogP contribution is 2.12. The van der Waals surface area contributed by atoms with Gasteiger partial charge in [-0.15, -0.1) is 11.3 Å². The van der Waals surface area contributed by atoms with Crippen LogP contribution in [0.15, 0.2) is 47.8 Å². The first-order valence-corrected chi connectivity index (χ1v) is 7.42. The second-order valence-electron chi connectivity index (χ2n) is 4.35. The number of ketones is 1. The zero-order chi connectivity index (χ0) is 13.3. The first-order valence-electron chi connectivity index (χ1n) is 6.54. The molecule has 0 unspecified atom stereocenters. The lowest BCUT2D eigenvalue weighted by atomic mass is 10.2. The lowest BCUT2D eigenvalue weighted by Crippen LogP contribution is -2.03. The molecular weight excluding hydrogens is 256 g/mol. The Morgan fingerprint density at radius 1 is 1.05 bits per heavy atom. The summed E-state index contributed by atoms with van der Waals surface area (Å²) in [5.41, 5.74) is 1.29. The summed E-state index contributed by atoms with van der Waals surface area (Å²) in [7, 11) is 0. The molecule has 19 heavy (non-hydrogen) atoms. The number of carbonyl (C=O) groups is 1. The van der Waals surface area contributed by atoms with Crippen LogP contribution in [0.3, 0.4) is 0 Å². The topological polar surface area (TPSA) is 26.3 Å². The van der Waals surface area contributed by atoms with Gasteiger partial charge in [0.1, 0.15) is 0 Å². The van der Waals surface area contributed by atoms with Gasteiger partial charge in [0.05, 0.1) is 11.5 Å². The summed E-state index contributed by atoms with van der Waals surface area (Å²) < 4.78 is 5.56. The first-order chi connectivity index (χ1) is 9.36. The zero-order valence-corrected chi connectivity index (χ0v) is 11.7. The van der Waals surface area contributed by atoms with Crippen molar-refractivity contribution in [2.45, 2.75) is 19.3 Å². The molecule has 0 fully saturated rings. The molecule has 0 radical (unpaired) electrons. The van der Waals surface area contributed by atoms with E-state index in [2.05, 4.69) is 12.1 Å². The molecule has 0 saturated carbocycles. The number of benzene rings is 1. The summed E-state index contributed by atoms with van der Waals surface area (Å²) in [4.78, 5) is 12.6. The number of thiophene rings is 1. The van der Waals surface area contributed by atoms with E-state index in [1.54, 1.807) is 0 Å². The Bertz CT molecular complexity index is 477. The summed E-state index contributed by atoms with van der Waals surface area (Å²) in [6.07, 6.45) is 2.30. The minimum atomic E-state index is 0.224. The van der Waals surface area contributed by atoms with Crippen molar-refractivity contribution in [2.75, 3.05) is 13.2 Å². The second-order valence-corrected chi connectivity index (χ2v) is 5.30. The molecule has 0 N–H and O–H groups in total. The van der Waals surface area contributed by atoms with E-state index in [0.717, 1.165) is 24.3 Å². The van der Waals surface area contributed by atoms with Gasteiger partial charge < -0.3 is 4.74 Å². The Kier molecular flexibility index (Phi) is 5.79. The summed E-state index contributed by atoms with van der Waals surface area (Å²) in [6, 6.07) is 14.1. The molecule has 1 aromatic heterocycles. The zero-order valence-electron chi connectivity index (χ0n) is 10.9. The molecule has 0 atom stereocenters. The van der Waals surface area contributed by atoms with Gasteiger partial charge in [0, 0.05) is 13.0 Å². The van der Waals surface area contributed by atoms with Crippen molar-refractivity contribution in [1.29, 1.82) is 0 Å². The number of hydrogen-bond acceptors (Lipinski definition) is 3. The average Bonchev–Trinajstić information content (AvgIpc) is 2.98. The molecule has 100 valence electrons. The van der Waals surface area contributed by atoms with Crippen LogP contribution in [0.4, 0.5) is 0 Å². The molecule has 0 aliphatic heterocycles. The van der Waals surface area contributed by atoms with E-state index in [4.69, 9.17) is 4.74 Å². The van der Waals surface area contributed by atoms with E-state index >= 15 is 0 Å². The Balaban J connectivity index is 1.54. The fraction of sp³-hybridized carbons (Fsp3) is 0.312. The molecule has 1 aromatic carbocycles. The molecule has 2 aromatic rings.